The van der Waals surface area contributed by atoms with Crippen LogP contribution in [0.15, 0.2) is 28.7 Å². The van der Waals surface area contributed by atoms with Gasteiger partial charge in [-0.15, -0.1) is 0 Å². The molecule has 1 saturated heterocycles. The molecule has 1 unspecified atom stereocenters. The molecule has 30 heavy (non-hydrogen) atoms. The Morgan fingerprint density at radius 1 is 1.17 bits per heavy atom. The second kappa shape index (κ2) is 9.08. The smallest absolute Gasteiger partial charge is 0.373 e. The quantitative estimate of drug-likeness (QED) is 0.609. The van der Waals surface area contributed by atoms with Crippen LogP contribution in [0.3, 0.4) is 0 Å². The van der Waals surface area contributed by atoms with Crippen molar-refractivity contribution in [3.8, 4) is 11.5 Å². The summed E-state index contributed by atoms with van der Waals surface area (Å²) >= 11 is 6.18. The Labute approximate surface area is 177 Å². The number of benzene rings is 1. The van der Waals surface area contributed by atoms with Gasteiger partial charge in [-0.3, -0.25) is 9.59 Å². The first-order valence-corrected chi connectivity index (χ1v) is 9.31. The van der Waals surface area contributed by atoms with Crippen molar-refractivity contribution in [1.82, 2.24) is 0 Å². The second-order valence-electron chi connectivity index (χ2n) is 6.43. The van der Waals surface area contributed by atoms with E-state index in [1.165, 1.54) is 38.4 Å². The number of anilines is 1. The lowest BCUT2D eigenvalue weighted by atomic mass is 10.1. The maximum absolute atomic E-state index is 12.5. The normalized spacial score (nSPS) is 15.8. The van der Waals surface area contributed by atoms with Gasteiger partial charge in [-0.1, -0.05) is 11.6 Å². The molecule has 0 bridgehead atoms. The highest BCUT2D eigenvalue weighted by atomic mass is 35.5. The number of amides is 1. The van der Waals surface area contributed by atoms with E-state index in [9.17, 15) is 14.4 Å². The Morgan fingerprint density at radius 2 is 1.90 bits per heavy atom. The fourth-order valence-corrected chi connectivity index (χ4v) is 3.31. The summed E-state index contributed by atoms with van der Waals surface area (Å²) in [5, 5.41) is 0.311. The fourth-order valence-electron chi connectivity index (χ4n) is 3.08. The first kappa shape index (κ1) is 21.5. The van der Waals surface area contributed by atoms with Gasteiger partial charge in [0.05, 0.1) is 38.0 Å². The molecule has 0 spiro atoms. The maximum atomic E-state index is 12.5. The molecule has 0 radical (unpaired) electrons. The molecule has 1 aliphatic rings. The van der Waals surface area contributed by atoms with E-state index in [0.29, 0.717) is 22.2 Å². The Morgan fingerprint density at radius 3 is 2.57 bits per heavy atom. The van der Waals surface area contributed by atoms with Crippen molar-refractivity contribution in [3.05, 3.63) is 40.8 Å². The van der Waals surface area contributed by atoms with Crippen LogP contribution >= 0.6 is 11.6 Å². The van der Waals surface area contributed by atoms with Crippen molar-refractivity contribution in [2.75, 3.05) is 32.8 Å². The number of furan rings is 1. The lowest BCUT2D eigenvalue weighted by Crippen LogP contribution is -2.26. The van der Waals surface area contributed by atoms with E-state index in [-0.39, 0.29) is 37.0 Å². The monoisotopic (exact) mass is 437 g/mol. The number of carbonyl (C=O) groups excluding carboxylic acids is 3. The van der Waals surface area contributed by atoms with E-state index in [1.54, 1.807) is 12.1 Å². The highest BCUT2D eigenvalue weighted by Gasteiger charge is 2.37. The van der Waals surface area contributed by atoms with Crippen LogP contribution in [0, 0.1) is 5.92 Å². The maximum Gasteiger partial charge on any atom is 0.373 e. The minimum absolute atomic E-state index is 0.00856. The Kier molecular flexibility index (Phi) is 6.51. The van der Waals surface area contributed by atoms with Crippen molar-refractivity contribution in [2.45, 2.75) is 13.0 Å². The van der Waals surface area contributed by atoms with Gasteiger partial charge in [-0.25, -0.2) is 4.79 Å². The molecular weight excluding hydrogens is 418 g/mol. The number of nitrogens with zero attached hydrogens (tertiary/aromatic N) is 1. The zero-order chi connectivity index (χ0) is 21.8. The average molecular weight is 438 g/mol. The predicted octanol–water partition coefficient (Wildman–Crippen LogP) is 2.83. The summed E-state index contributed by atoms with van der Waals surface area (Å²) < 4.78 is 25.6. The van der Waals surface area contributed by atoms with Gasteiger partial charge in [0.1, 0.15) is 23.9 Å². The molecule has 3 rings (SSSR count). The third kappa shape index (κ3) is 4.35. The van der Waals surface area contributed by atoms with Crippen molar-refractivity contribution in [2.24, 2.45) is 5.92 Å². The molecule has 1 fully saturated rings. The van der Waals surface area contributed by atoms with Crippen molar-refractivity contribution in [3.63, 3.8) is 0 Å². The molecule has 0 N–H and O–H groups in total. The molecule has 1 amide bonds. The summed E-state index contributed by atoms with van der Waals surface area (Å²) in [6.07, 6.45) is -0.0167. The third-order valence-corrected chi connectivity index (χ3v) is 4.90. The molecule has 1 aromatic heterocycles. The van der Waals surface area contributed by atoms with Gasteiger partial charge in [0.25, 0.3) is 0 Å². The first-order valence-electron chi connectivity index (χ1n) is 8.93. The van der Waals surface area contributed by atoms with Gasteiger partial charge in [0.2, 0.25) is 11.7 Å². The highest BCUT2D eigenvalue weighted by molar-refractivity contribution is 6.32. The molecule has 160 valence electrons. The number of ether oxygens (including phenoxy) is 4. The van der Waals surface area contributed by atoms with Crippen LogP contribution in [0.4, 0.5) is 5.69 Å². The van der Waals surface area contributed by atoms with E-state index in [2.05, 4.69) is 4.74 Å². The van der Waals surface area contributed by atoms with E-state index < -0.39 is 17.9 Å². The van der Waals surface area contributed by atoms with Crippen LogP contribution in [0.5, 0.6) is 11.5 Å². The average Bonchev–Trinajstić information content (AvgIpc) is 3.38. The van der Waals surface area contributed by atoms with E-state index >= 15 is 0 Å². The highest BCUT2D eigenvalue weighted by Crippen LogP contribution is 2.40. The van der Waals surface area contributed by atoms with Gasteiger partial charge in [0.15, 0.2) is 0 Å². The molecular formula is C20H20ClNO8. The Bertz CT molecular complexity index is 970. The van der Waals surface area contributed by atoms with Gasteiger partial charge in [-0.05, 0) is 18.2 Å². The van der Waals surface area contributed by atoms with Crippen LogP contribution in [-0.4, -0.2) is 45.7 Å². The standard InChI is InChI=1S/C20H20ClNO8/c1-26-16-8-17(27-2)14(7-13(16)21)22-9-11(6-18(22)23)19(24)29-10-12-4-5-15(30-12)20(25)28-3/h4-5,7-8,11H,6,9-10H2,1-3H3. The van der Waals surface area contributed by atoms with Crippen molar-refractivity contribution < 1.29 is 37.7 Å². The number of rotatable bonds is 7. The van der Waals surface area contributed by atoms with E-state index in [4.69, 9.17) is 30.2 Å². The SMILES string of the molecule is COC(=O)c1ccc(COC(=O)C2CC(=O)N(c3cc(Cl)c(OC)cc3OC)C2)o1. The van der Waals surface area contributed by atoms with Crippen molar-refractivity contribution >= 4 is 35.1 Å². The first-order chi connectivity index (χ1) is 14.4. The molecule has 1 aliphatic heterocycles. The van der Waals surface area contributed by atoms with E-state index in [1.807, 2.05) is 0 Å². The molecule has 1 atom stereocenters. The van der Waals surface area contributed by atoms with Gasteiger partial charge < -0.3 is 28.3 Å². The summed E-state index contributed by atoms with van der Waals surface area (Å²) in [4.78, 5) is 37.8. The summed E-state index contributed by atoms with van der Waals surface area (Å²) in [6.45, 7) is -0.0551. The molecule has 2 aromatic rings. The number of hydrogen-bond acceptors (Lipinski definition) is 8. The summed E-state index contributed by atoms with van der Waals surface area (Å²) in [7, 11) is 4.17. The van der Waals surface area contributed by atoms with Gasteiger partial charge in [-0.2, -0.15) is 0 Å². The lowest BCUT2D eigenvalue weighted by Gasteiger charge is -2.20. The Balaban J connectivity index is 1.67. The van der Waals surface area contributed by atoms with Crippen molar-refractivity contribution in [1.29, 1.82) is 0 Å². The predicted molar refractivity (Wildman–Crippen MR) is 105 cm³/mol. The minimum Gasteiger partial charge on any atom is -0.495 e. The number of esters is 2. The van der Waals surface area contributed by atoms with Crippen LogP contribution in [0.1, 0.15) is 22.7 Å². The van der Waals surface area contributed by atoms with Crippen LogP contribution in [0.2, 0.25) is 5.02 Å². The summed E-state index contributed by atoms with van der Waals surface area (Å²) in [5.41, 5.74) is 0.442. The van der Waals surface area contributed by atoms with E-state index in [0.717, 1.165) is 0 Å². The lowest BCUT2D eigenvalue weighted by molar-refractivity contribution is -0.150. The van der Waals surface area contributed by atoms with Crippen LogP contribution in [0.25, 0.3) is 0 Å². The third-order valence-electron chi connectivity index (χ3n) is 4.61. The zero-order valence-electron chi connectivity index (χ0n) is 16.6. The molecule has 2 heterocycles. The largest absolute Gasteiger partial charge is 0.495 e. The molecule has 10 heteroatoms. The minimum atomic E-state index is -0.668. The number of methoxy groups -OCH3 is 3. The fraction of sp³-hybridized carbons (Fsp3) is 0.350. The molecule has 0 saturated carbocycles. The zero-order valence-corrected chi connectivity index (χ0v) is 17.4. The topological polar surface area (TPSA) is 105 Å². The number of hydrogen-bond donors (Lipinski definition) is 0. The molecule has 1 aromatic carbocycles. The van der Waals surface area contributed by atoms with Crippen LogP contribution < -0.4 is 14.4 Å². The molecule has 0 aliphatic carbocycles. The summed E-state index contributed by atoms with van der Waals surface area (Å²) in [6, 6.07) is 6.07. The summed E-state index contributed by atoms with van der Waals surface area (Å²) in [5.74, 6) is -1.02. The Hall–Kier alpha value is -3.20. The second-order valence-corrected chi connectivity index (χ2v) is 6.84. The van der Waals surface area contributed by atoms with Crippen LogP contribution in [-0.2, 0) is 25.7 Å². The molecule has 9 nitrogen and oxygen atoms in total. The van der Waals surface area contributed by atoms with Gasteiger partial charge >= 0.3 is 11.9 Å². The number of carbonyl (C=O) groups is 3. The number of halogens is 1. The van der Waals surface area contributed by atoms with Gasteiger partial charge in [0, 0.05) is 19.0 Å².